The number of rotatable bonds is 0. The summed E-state index contributed by atoms with van der Waals surface area (Å²) < 4.78 is 1.13. The third-order valence-electron chi connectivity index (χ3n) is 1.24. The van der Waals surface area contributed by atoms with Crippen molar-refractivity contribution in [1.29, 1.82) is 0 Å². The van der Waals surface area contributed by atoms with E-state index in [1.807, 2.05) is 0 Å². The molecule has 0 aromatic heterocycles. The van der Waals surface area contributed by atoms with Crippen LogP contribution in [0.5, 0.6) is 0 Å². The van der Waals surface area contributed by atoms with Crippen molar-refractivity contribution >= 4 is 37.6 Å². The van der Waals surface area contributed by atoms with Crippen molar-refractivity contribution in [3.63, 3.8) is 0 Å². The molecule has 0 aromatic carbocycles. The van der Waals surface area contributed by atoms with E-state index in [1.165, 1.54) is 0 Å². The maximum atomic E-state index is 9.24. The molecule has 1 N–H and O–H groups in total. The molecule has 3 nitrogen and oxygen atoms in total. The maximum Gasteiger partial charge on any atom is 2.00 e. The molecule has 0 atom stereocenters. The maximum absolute atomic E-state index is 9.24. The Balaban J connectivity index is -0.000000403. The summed E-state index contributed by atoms with van der Waals surface area (Å²) >= 11 is 6.25. The van der Waals surface area contributed by atoms with Crippen molar-refractivity contribution < 1.29 is 54.2 Å². The van der Waals surface area contributed by atoms with Gasteiger partial charge in [-0.25, -0.2) is 0 Å². The second kappa shape index (κ2) is 9.08. The van der Waals surface area contributed by atoms with Crippen LogP contribution in [0, 0.1) is 0 Å². The van der Waals surface area contributed by atoms with E-state index in [1.54, 1.807) is 6.08 Å². The molecule has 0 unspecified atom stereocenters. The monoisotopic (exact) mass is 412 g/mol. The molecule has 0 spiro atoms. The Morgan fingerprint density at radius 1 is 1.36 bits per heavy atom. The van der Waals surface area contributed by atoms with E-state index in [9.17, 15) is 5.11 Å². The number of nitrogens with zero attached hydrogens (tertiary/aromatic N) is 2. The molecule has 14 heavy (non-hydrogen) atoms. The van der Waals surface area contributed by atoms with Gasteiger partial charge in [-0.3, -0.25) is 0 Å². The minimum absolute atomic E-state index is 0. The molecule has 0 saturated heterocycles. The van der Waals surface area contributed by atoms with Crippen molar-refractivity contribution in [2.45, 2.75) is 6.42 Å². The predicted molar refractivity (Wildman–Crippen MR) is 48.8 cm³/mol. The van der Waals surface area contributed by atoms with E-state index in [0.717, 1.165) is 0 Å². The van der Waals surface area contributed by atoms with Crippen LogP contribution in [-0.2, 0) is 19.5 Å². The van der Waals surface area contributed by atoms with Crippen molar-refractivity contribution in [3.05, 3.63) is 26.3 Å². The van der Waals surface area contributed by atoms with Crippen LogP contribution in [0.4, 0.5) is 0 Å². The zero-order chi connectivity index (χ0) is 8.43. The average Bonchev–Trinajstić information content (AvgIpc) is 1.99. The second-order valence-corrected chi connectivity index (χ2v) is 3.83. The fraction of sp³-hybridized carbons (Fsp3) is 0.167. The molecular weight excluding hydrogens is 412 g/mol. The Hall–Kier alpha value is 0.823. The summed E-state index contributed by atoms with van der Waals surface area (Å²) in [7, 11) is 0. The fourth-order valence-corrected chi connectivity index (χ4v) is 1.97. The van der Waals surface area contributed by atoms with Gasteiger partial charge in [-0.1, -0.05) is 15.9 Å². The predicted octanol–water partition coefficient (Wildman–Crippen LogP) is -3.49. The normalized spacial score (nSPS) is 14.1. The number of aliphatic hydroxyl groups excluding tert-OH is 1. The Bertz CT molecular complexity index is 313. The van der Waals surface area contributed by atoms with E-state index in [-0.39, 0.29) is 50.1 Å². The number of hydrogen-bond donors (Lipinski definition) is 1. The van der Waals surface area contributed by atoms with E-state index >= 15 is 0 Å². The van der Waals surface area contributed by atoms with Gasteiger partial charge in [0.15, 0.2) is 0 Å². The molecule has 0 heterocycles. The molecule has 0 amide bonds. The standard InChI is InChI=1S/C6H4Br2N2O.2ClH.Zn/c7-4-1-3(10-9)2-5(8)6(4)11;;;/h1,11H,2H2;2*1H;/q;;;+2/p-2. The van der Waals surface area contributed by atoms with E-state index < -0.39 is 0 Å². The van der Waals surface area contributed by atoms with Gasteiger partial charge in [0.05, 0.1) is 10.9 Å². The van der Waals surface area contributed by atoms with Gasteiger partial charge < -0.3 is 35.5 Å². The SMILES string of the molecule is [Cl-].[Cl-].[N-]=[N+]=C1C=C(Br)C(O)=C(Br)C1.[Zn+2]. The first kappa shape index (κ1) is 20.3. The van der Waals surface area contributed by atoms with E-state index in [0.29, 0.717) is 21.1 Å². The molecule has 74 valence electrons. The molecule has 0 bridgehead atoms. The molecular formula is C6H4Br2Cl2N2OZn. The van der Waals surface area contributed by atoms with Gasteiger partial charge in [0.25, 0.3) is 5.71 Å². The smallest absolute Gasteiger partial charge is 1.00 e. The summed E-state index contributed by atoms with van der Waals surface area (Å²) in [6.07, 6.45) is 1.97. The molecule has 0 fully saturated rings. The van der Waals surface area contributed by atoms with Crippen LogP contribution in [0.15, 0.2) is 20.8 Å². The van der Waals surface area contributed by atoms with Crippen LogP contribution in [0.1, 0.15) is 6.42 Å². The van der Waals surface area contributed by atoms with Crippen molar-refractivity contribution in [3.8, 4) is 0 Å². The third-order valence-corrected chi connectivity index (χ3v) is 2.50. The summed E-state index contributed by atoms with van der Waals surface area (Å²) in [6, 6.07) is 0. The van der Waals surface area contributed by atoms with Gasteiger partial charge >= 0.3 is 19.5 Å². The van der Waals surface area contributed by atoms with Crippen molar-refractivity contribution in [2.75, 3.05) is 0 Å². The average molecular weight is 416 g/mol. The first-order valence-corrected chi connectivity index (χ1v) is 4.40. The van der Waals surface area contributed by atoms with Crippen molar-refractivity contribution in [1.82, 2.24) is 0 Å². The minimum atomic E-state index is 0. The summed E-state index contributed by atoms with van der Waals surface area (Å²) in [6.45, 7) is 0. The van der Waals surface area contributed by atoms with Crippen LogP contribution in [0.3, 0.4) is 0 Å². The van der Waals surface area contributed by atoms with E-state index in [4.69, 9.17) is 5.53 Å². The zero-order valence-corrected chi connectivity index (χ0v) is 14.5. The molecule has 1 rings (SSSR count). The quantitative estimate of drug-likeness (QED) is 0.249. The van der Waals surface area contributed by atoms with Crippen LogP contribution in [-0.4, -0.2) is 15.6 Å². The zero-order valence-electron chi connectivity index (χ0n) is 6.85. The molecule has 0 radical (unpaired) electrons. The Kier molecular flexibility index (Phi) is 13.1. The van der Waals surface area contributed by atoms with Gasteiger partial charge in [0.1, 0.15) is 5.76 Å². The fourth-order valence-electron chi connectivity index (χ4n) is 0.702. The van der Waals surface area contributed by atoms with Crippen LogP contribution in [0.2, 0.25) is 0 Å². The number of halogens is 4. The first-order valence-electron chi connectivity index (χ1n) is 2.81. The number of allylic oxidation sites excluding steroid dienone is 3. The third kappa shape index (κ3) is 5.06. The molecule has 0 aliphatic heterocycles. The minimum Gasteiger partial charge on any atom is -1.00 e. The van der Waals surface area contributed by atoms with Crippen LogP contribution < -0.4 is 24.8 Å². The molecule has 1 aliphatic rings. The summed E-state index contributed by atoms with van der Waals surface area (Å²) in [5.41, 5.74) is 8.91. The largest absolute Gasteiger partial charge is 2.00 e. The van der Waals surface area contributed by atoms with Crippen LogP contribution in [0.25, 0.3) is 5.53 Å². The van der Waals surface area contributed by atoms with E-state index in [2.05, 4.69) is 36.6 Å². The summed E-state index contributed by atoms with van der Waals surface area (Å²) in [5.74, 6) is 0.150. The molecule has 1 aliphatic carbocycles. The topological polar surface area (TPSA) is 56.6 Å². The number of aliphatic hydroxyl groups is 1. The molecule has 0 aromatic rings. The van der Waals surface area contributed by atoms with Gasteiger partial charge in [-0.15, -0.1) is 0 Å². The number of hydrogen-bond acceptors (Lipinski definition) is 1. The summed E-state index contributed by atoms with van der Waals surface area (Å²) in [5, 5.41) is 9.24. The summed E-state index contributed by atoms with van der Waals surface area (Å²) in [4.78, 5) is 3.02. The first-order chi connectivity index (χ1) is 5.15. The Morgan fingerprint density at radius 3 is 2.21 bits per heavy atom. The van der Waals surface area contributed by atoms with Gasteiger partial charge in [0, 0.05) is 10.6 Å². The molecule has 8 heteroatoms. The van der Waals surface area contributed by atoms with Crippen LogP contribution >= 0.6 is 31.9 Å². The Labute approximate surface area is 123 Å². The van der Waals surface area contributed by atoms with Gasteiger partial charge in [-0.2, -0.15) is 4.79 Å². The van der Waals surface area contributed by atoms with Gasteiger partial charge in [-0.05, 0) is 15.9 Å². The van der Waals surface area contributed by atoms with Gasteiger partial charge in [0.2, 0.25) is 0 Å². The second-order valence-electron chi connectivity index (χ2n) is 2.01. The molecule has 0 saturated carbocycles. The van der Waals surface area contributed by atoms with Crippen molar-refractivity contribution in [2.24, 2.45) is 0 Å². The Morgan fingerprint density at radius 2 is 1.86 bits per heavy atom.